The van der Waals surface area contributed by atoms with Gasteiger partial charge in [-0.05, 0) is 43.2 Å². The number of benzene rings is 2. The SMILES string of the molecule is CCCOc1ccc(F)c2c(=O)c(-c3ccc(OCC)cc3)c[nH]c12. The standard InChI is InChI=1S/C20H20FNO3/c1-3-11-25-17-10-9-16(21)18-19(17)22-12-15(20(18)23)13-5-7-14(8-6-13)24-4-2/h5-10,12H,3-4,11H2,1-2H3,(H,22,23). The Bertz CT molecular complexity index is 932. The summed E-state index contributed by atoms with van der Waals surface area (Å²) < 4.78 is 25.3. The van der Waals surface area contributed by atoms with Crippen molar-refractivity contribution >= 4 is 10.9 Å². The van der Waals surface area contributed by atoms with E-state index in [0.29, 0.717) is 35.6 Å². The first-order chi connectivity index (χ1) is 12.2. The minimum absolute atomic E-state index is 0.0139. The average molecular weight is 341 g/mol. The highest BCUT2D eigenvalue weighted by atomic mass is 19.1. The fourth-order valence-electron chi connectivity index (χ4n) is 2.71. The molecule has 0 atom stereocenters. The molecule has 0 unspecified atom stereocenters. The Hall–Kier alpha value is -2.82. The molecule has 1 aromatic heterocycles. The van der Waals surface area contributed by atoms with Crippen LogP contribution in [0.25, 0.3) is 22.0 Å². The van der Waals surface area contributed by atoms with Crippen LogP contribution >= 0.6 is 0 Å². The molecule has 0 saturated carbocycles. The van der Waals surface area contributed by atoms with Crippen molar-refractivity contribution in [2.75, 3.05) is 13.2 Å². The summed E-state index contributed by atoms with van der Waals surface area (Å²) in [7, 11) is 0. The zero-order valence-corrected chi connectivity index (χ0v) is 14.3. The quantitative estimate of drug-likeness (QED) is 0.717. The Morgan fingerprint density at radius 3 is 2.48 bits per heavy atom. The lowest BCUT2D eigenvalue weighted by Gasteiger charge is -2.10. The molecule has 3 aromatic rings. The van der Waals surface area contributed by atoms with E-state index < -0.39 is 5.82 Å². The number of H-pyrrole nitrogens is 1. The van der Waals surface area contributed by atoms with Gasteiger partial charge in [-0.3, -0.25) is 4.79 Å². The highest BCUT2D eigenvalue weighted by molar-refractivity contribution is 5.88. The summed E-state index contributed by atoms with van der Waals surface area (Å²) >= 11 is 0. The Balaban J connectivity index is 2.10. The van der Waals surface area contributed by atoms with Crippen molar-refractivity contribution in [2.45, 2.75) is 20.3 Å². The van der Waals surface area contributed by atoms with Crippen LogP contribution in [0.2, 0.25) is 0 Å². The third-order valence-electron chi connectivity index (χ3n) is 3.89. The number of nitrogens with one attached hydrogen (secondary N) is 1. The Morgan fingerprint density at radius 1 is 1.04 bits per heavy atom. The number of ether oxygens (including phenoxy) is 2. The van der Waals surface area contributed by atoms with Gasteiger partial charge in [0.2, 0.25) is 0 Å². The third-order valence-corrected chi connectivity index (χ3v) is 3.89. The van der Waals surface area contributed by atoms with Crippen molar-refractivity contribution in [1.29, 1.82) is 0 Å². The van der Waals surface area contributed by atoms with Crippen LogP contribution in [0, 0.1) is 5.82 Å². The zero-order chi connectivity index (χ0) is 17.8. The van der Waals surface area contributed by atoms with E-state index in [1.54, 1.807) is 36.5 Å². The smallest absolute Gasteiger partial charge is 0.200 e. The second-order valence-corrected chi connectivity index (χ2v) is 5.63. The van der Waals surface area contributed by atoms with E-state index in [4.69, 9.17) is 9.47 Å². The summed E-state index contributed by atoms with van der Waals surface area (Å²) in [6.07, 6.45) is 2.42. The van der Waals surface area contributed by atoms with Crippen LogP contribution in [0.5, 0.6) is 11.5 Å². The van der Waals surface area contributed by atoms with Crippen LogP contribution in [-0.4, -0.2) is 18.2 Å². The maximum atomic E-state index is 14.3. The fraction of sp³-hybridized carbons (Fsp3) is 0.250. The van der Waals surface area contributed by atoms with Crippen LogP contribution in [-0.2, 0) is 0 Å². The molecule has 4 nitrogen and oxygen atoms in total. The molecule has 0 saturated heterocycles. The minimum atomic E-state index is -0.562. The van der Waals surface area contributed by atoms with Crippen molar-refractivity contribution in [3.63, 3.8) is 0 Å². The van der Waals surface area contributed by atoms with E-state index in [1.807, 2.05) is 13.8 Å². The highest BCUT2D eigenvalue weighted by Crippen LogP contribution is 2.27. The number of hydrogen-bond acceptors (Lipinski definition) is 3. The first-order valence-electron chi connectivity index (χ1n) is 8.35. The van der Waals surface area contributed by atoms with Gasteiger partial charge < -0.3 is 14.5 Å². The summed E-state index contributed by atoms with van der Waals surface area (Å²) in [6, 6.07) is 9.97. The maximum absolute atomic E-state index is 14.3. The van der Waals surface area contributed by atoms with Gasteiger partial charge in [-0.2, -0.15) is 0 Å². The summed E-state index contributed by atoms with van der Waals surface area (Å²) in [5, 5.41) is 0.0139. The van der Waals surface area contributed by atoms with Gasteiger partial charge in [-0.15, -0.1) is 0 Å². The van der Waals surface area contributed by atoms with Crippen molar-refractivity contribution in [3.8, 4) is 22.6 Å². The molecule has 0 amide bonds. The number of aromatic amines is 1. The van der Waals surface area contributed by atoms with Gasteiger partial charge in [0.15, 0.2) is 5.43 Å². The number of halogens is 1. The Kier molecular flexibility index (Phi) is 5.03. The molecule has 0 bridgehead atoms. The van der Waals surface area contributed by atoms with Crippen LogP contribution in [0.3, 0.4) is 0 Å². The molecule has 2 aromatic carbocycles. The molecule has 25 heavy (non-hydrogen) atoms. The molecule has 1 heterocycles. The van der Waals surface area contributed by atoms with E-state index in [-0.39, 0.29) is 10.8 Å². The first kappa shape index (κ1) is 17.0. The number of rotatable bonds is 6. The normalized spacial score (nSPS) is 10.8. The number of hydrogen-bond donors (Lipinski definition) is 1. The average Bonchev–Trinajstić information content (AvgIpc) is 2.62. The molecule has 0 radical (unpaired) electrons. The Labute approximate surface area is 145 Å². The maximum Gasteiger partial charge on any atom is 0.200 e. The Morgan fingerprint density at radius 2 is 1.80 bits per heavy atom. The fourth-order valence-corrected chi connectivity index (χ4v) is 2.71. The highest BCUT2D eigenvalue weighted by Gasteiger charge is 2.15. The predicted octanol–water partition coefficient (Wildman–Crippen LogP) is 4.52. The van der Waals surface area contributed by atoms with Crippen LogP contribution < -0.4 is 14.9 Å². The van der Waals surface area contributed by atoms with E-state index in [9.17, 15) is 9.18 Å². The molecule has 1 N–H and O–H groups in total. The van der Waals surface area contributed by atoms with Crippen molar-refractivity contribution in [3.05, 3.63) is 58.6 Å². The van der Waals surface area contributed by atoms with Crippen LogP contribution in [0.1, 0.15) is 20.3 Å². The largest absolute Gasteiger partial charge is 0.494 e. The van der Waals surface area contributed by atoms with Crippen LogP contribution in [0.4, 0.5) is 4.39 Å². The summed E-state index contributed by atoms with van der Waals surface area (Å²) in [5.74, 6) is 0.645. The monoisotopic (exact) mass is 341 g/mol. The van der Waals surface area contributed by atoms with Gasteiger partial charge in [0.1, 0.15) is 17.3 Å². The van der Waals surface area contributed by atoms with Gasteiger partial charge in [0.05, 0.1) is 24.1 Å². The molecule has 0 spiro atoms. The van der Waals surface area contributed by atoms with Gasteiger partial charge in [-0.1, -0.05) is 19.1 Å². The summed E-state index contributed by atoms with van der Waals surface area (Å²) in [4.78, 5) is 15.9. The van der Waals surface area contributed by atoms with E-state index in [0.717, 1.165) is 12.2 Å². The second kappa shape index (κ2) is 7.38. The second-order valence-electron chi connectivity index (χ2n) is 5.63. The number of fused-ring (bicyclic) bond motifs is 1. The number of pyridine rings is 1. The van der Waals surface area contributed by atoms with Gasteiger partial charge in [-0.25, -0.2) is 4.39 Å². The molecule has 0 fully saturated rings. The predicted molar refractivity (Wildman–Crippen MR) is 96.9 cm³/mol. The molecule has 3 rings (SSSR count). The minimum Gasteiger partial charge on any atom is -0.494 e. The van der Waals surface area contributed by atoms with Crippen molar-refractivity contribution in [2.24, 2.45) is 0 Å². The molecule has 5 heteroatoms. The molecular formula is C20H20FNO3. The molecule has 130 valence electrons. The van der Waals surface area contributed by atoms with Crippen molar-refractivity contribution < 1.29 is 13.9 Å². The summed E-state index contributed by atoms with van der Waals surface area (Å²) in [6.45, 7) is 4.96. The third kappa shape index (κ3) is 3.36. The molecular weight excluding hydrogens is 321 g/mol. The van der Waals surface area contributed by atoms with Gasteiger partial charge in [0, 0.05) is 11.8 Å². The van der Waals surface area contributed by atoms with E-state index in [2.05, 4.69) is 4.98 Å². The van der Waals surface area contributed by atoms with E-state index in [1.165, 1.54) is 6.07 Å². The van der Waals surface area contributed by atoms with Gasteiger partial charge in [0.25, 0.3) is 0 Å². The number of aromatic nitrogens is 1. The topological polar surface area (TPSA) is 51.3 Å². The zero-order valence-electron chi connectivity index (χ0n) is 14.3. The molecule has 0 aliphatic rings. The van der Waals surface area contributed by atoms with E-state index >= 15 is 0 Å². The van der Waals surface area contributed by atoms with Gasteiger partial charge >= 0.3 is 0 Å². The molecule has 0 aliphatic heterocycles. The summed E-state index contributed by atoms with van der Waals surface area (Å²) in [5.41, 5.74) is 1.12. The lowest BCUT2D eigenvalue weighted by molar-refractivity contribution is 0.320. The first-order valence-corrected chi connectivity index (χ1v) is 8.35. The van der Waals surface area contributed by atoms with Crippen molar-refractivity contribution in [1.82, 2.24) is 4.98 Å². The lowest BCUT2D eigenvalue weighted by atomic mass is 10.0. The molecule has 0 aliphatic carbocycles. The lowest BCUT2D eigenvalue weighted by Crippen LogP contribution is -2.09. The van der Waals surface area contributed by atoms with Crippen LogP contribution in [0.15, 0.2) is 47.4 Å².